The summed E-state index contributed by atoms with van der Waals surface area (Å²) in [5, 5.41) is 0. The Morgan fingerprint density at radius 3 is 0.793 bits per heavy atom. The van der Waals surface area contributed by atoms with E-state index in [4.69, 9.17) is 0 Å². The maximum Gasteiger partial charge on any atom is 0.430 e. The lowest BCUT2D eigenvalue weighted by atomic mass is 10.1. The lowest BCUT2D eigenvalue weighted by Gasteiger charge is -2.36. The van der Waals surface area contributed by atoms with Crippen molar-refractivity contribution >= 4 is 0 Å². The molecule has 0 aliphatic carbocycles. The number of rotatable bonds is 8. The smallest absolute Gasteiger partial charge is 0.245 e. The predicted molar refractivity (Wildman–Crippen MR) is 51.5 cm³/mol. The van der Waals surface area contributed by atoms with Gasteiger partial charge in [0.2, 0.25) is 11.7 Å². The van der Waals surface area contributed by atoms with Crippen LogP contribution in [-0.4, -0.2) is 35.9 Å². The highest BCUT2D eigenvalue weighted by Gasteiger charge is 2.83. The Labute approximate surface area is 145 Å². The highest BCUT2D eigenvalue weighted by molar-refractivity contribution is 5.15. The third-order valence-corrected chi connectivity index (χ3v) is 2.66. The Morgan fingerprint density at radius 2 is 0.621 bits per heavy atom. The molecule has 0 aromatic heterocycles. The third kappa shape index (κ3) is 4.23. The fourth-order valence-electron chi connectivity index (χ4n) is 1.17. The number of hydrogen-bond acceptors (Lipinski definition) is 1. The first-order valence-electron chi connectivity index (χ1n) is 5.81. The SMILES string of the molecule is FC(F)=C(F)C(F)(F)C(F)(F)C(F)(F)OC(F)(F)C(F)(F)C(F)(F)C(F)=C(F)F. The fraction of sp³-hybridized carbons (Fsp3) is 0.600. The van der Waals surface area contributed by atoms with Crippen molar-refractivity contribution in [1.29, 1.82) is 0 Å². The summed E-state index contributed by atoms with van der Waals surface area (Å²) < 4.78 is 226. The number of allylic oxidation sites excluding steroid dienone is 2. The molecule has 0 aromatic carbocycles. The van der Waals surface area contributed by atoms with Crippen LogP contribution in [0.15, 0.2) is 23.8 Å². The van der Waals surface area contributed by atoms with Gasteiger partial charge in [-0.1, -0.05) is 0 Å². The molecular formula is C10F18O. The van der Waals surface area contributed by atoms with Crippen LogP contribution >= 0.6 is 0 Å². The van der Waals surface area contributed by atoms with Crippen LogP contribution in [-0.2, 0) is 4.74 Å². The molecule has 0 aliphatic heterocycles. The van der Waals surface area contributed by atoms with Gasteiger partial charge < -0.3 is 0 Å². The Morgan fingerprint density at radius 1 is 0.414 bits per heavy atom. The second-order valence-electron chi connectivity index (χ2n) is 4.58. The van der Waals surface area contributed by atoms with Gasteiger partial charge in [-0.2, -0.15) is 79.0 Å². The van der Waals surface area contributed by atoms with Gasteiger partial charge in [0.15, 0.2) is 0 Å². The van der Waals surface area contributed by atoms with Gasteiger partial charge in [-0.3, -0.25) is 0 Å². The molecule has 0 saturated heterocycles. The van der Waals surface area contributed by atoms with Gasteiger partial charge in [0.25, 0.3) is 0 Å². The maximum absolute atomic E-state index is 12.9. The van der Waals surface area contributed by atoms with E-state index in [0.717, 1.165) is 0 Å². The quantitative estimate of drug-likeness (QED) is 0.346. The van der Waals surface area contributed by atoms with Crippen LogP contribution in [0.25, 0.3) is 0 Å². The predicted octanol–water partition coefficient (Wildman–Crippen LogP) is 6.89. The van der Waals surface area contributed by atoms with E-state index >= 15 is 0 Å². The highest BCUT2D eigenvalue weighted by atomic mass is 19.4. The van der Waals surface area contributed by atoms with Gasteiger partial charge in [0.05, 0.1) is 0 Å². The van der Waals surface area contributed by atoms with Crippen molar-refractivity contribution in [1.82, 2.24) is 0 Å². The van der Waals surface area contributed by atoms with Gasteiger partial charge >= 0.3 is 48.1 Å². The molecule has 0 radical (unpaired) electrons. The molecule has 0 spiro atoms. The molecule has 0 aromatic rings. The van der Waals surface area contributed by atoms with Crippen molar-refractivity contribution in [3.8, 4) is 0 Å². The van der Waals surface area contributed by atoms with Crippen molar-refractivity contribution in [3.05, 3.63) is 23.8 Å². The molecule has 29 heavy (non-hydrogen) atoms. The average Bonchev–Trinajstić information content (AvgIpc) is 2.51. The number of hydrogen-bond donors (Lipinski definition) is 0. The van der Waals surface area contributed by atoms with Crippen LogP contribution in [0.5, 0.6) is 0 Å². The van der Waals surface area contributed by atoms with Gasteiger partial charge in [-0.25, -0.2) is 4.74 Å². The van der Waals surface area contributed by atoms with Crippen LogP contribution in [0.3, 0.4) is 0 Å². The number of ether oxygens (including phenoxy) is 1. The van der Waals surface area contributed by atoms with E-state index in [1.165, 1.54) is 4.74 Å². The Balaban J connectivity index is 6.35. The van der Waals surface area contributed by atoms with Gasteiger partial charge in [0, 0.05) is 0 Å². The summed E-state index contributed by atoms with van der Waals surface area (Å²) in [4.78, 5) is 0. The van der Waals surface area contributed by atoms with Crippen LogP contribution in [0.1, 0.15) is 0 Å². The first kappa shape index (κ1) is 27.2. The number of halogens is 18. The molecule has 0 atom stereocenters. The Kier molecular flexibility index (Phi) is 6.99. The molecule has 0 fully saturated rings. The van der Waals surface area contributed by atoms with E-state index in [-0.39, 0.29) is 0 Å². The van der Waals surface area contributed by atoms with Crippen molar-refractivity contribution in [2.24, 2.45) is 0 Å². The van der Waals surface area contributed by atoms with E-state index in [2.05, 4.69) is 0 Å². The molecule has 0 saturated carbocycles. The van der Waals surface area contributed by atoms with Crippen molar-refractivity contribution in [2.45, 2.75) is 35.9 Å². The molecular weight excluding hydrogens is 478 g/mol. The summed E-state index contributed by atoms with van der Waals surface area (Å²) in [5.74, 6) is -40.0. The molecule has 0 heterocycles. The molecule has 0 amide bonds. The van der Waals surface area contributed by atoms with Crippen LogP contribution in [0, 0.1) is 0 Å². The van der Waals surface area contributed by atoms with Crippen LogP contribution in [0.4, 0.5) is 79.0 Å². The molecule has 0 aliphatic rings. The number of alkyl halides is 12. The molecule has 0 N–H and O–H groups in total. The van der Waals surface area contributed by atoms with Crippen molar-refractivity contribution in [3.63, 3.8) is 0 Å². The molecule has 0 unspecified atom stereocenters. The minimum absolute atomic E-state index is 1.19. The zero-order valence-electron chi connectivity index (χ0n) is 12.2. The van der Waals surface area contributed by atoms with Gasteiger partial charge in [-0.15, -0.1) is 0 Å². The van der Waals surface area contributed by atoms with Crippen molar-refractivity contribution < 1.29 is 83.8 Å². The fourth-order valence-corrected chi connectivity index (χ4v) is 1.17. The Hall–Kier alpha value is -1.82. The topological polar surface area (TPSA) is 9.23 Å². The molecule has 172 valence electrons. The summed E-state index contributed by atoms with van der Waals surface area (Å²) in [6.45, 7) is 0. The standard InChI is InChI=1S/C10F18O/c11-1(3(13)14)5(17,18)7(21,22)9(25,26)29-10(27,28)8(23,24)6(19,20)2(12)4(15)16. The second-order valence-corrected chi connectivity index (χ2v) is 4.58. The monoisotopic (exact) mass is 478 g/mol. The molecule has 19 heteroatoms. The summed E-state index contributed by atoms with van der Waals surface area (Å²) in [5.41, 5.74) is 0. The normalized spacial score (nSPS) is 14.7. The van der Waals surface area contributed by atoms with E-state index in [1.807, 2.05) is 0 Å². The average molecular weight is 478 g/mol. The summed E-state index contributed by atoms with van der Waals surface area (Å²) in [6.07, 6.45) is -24.5. The molecule has 0 bridgehead atoms. The lowest BCUT2D eigenvalue weighted by Crippen LogP contribution is -2.63. The second kappa shape index (κ2) is 7.46. The van der Waals surface area contributed by atoms with Crippen molar-refractivity contribution in [2.75, 3.05) is 0 Å². The molecule has 0 rings (SSSR count). The highest BCUT2D eigenvalue weighted by Crippen LogP contribution is 2.56. The summed E-state index contributed by atoms with van der Waals surface area (Å²) in [6, 6.07) is 0. The van der Waals surface area contributed by atoms with Crippen LogP contribution < -0.4 is 0 Å². The summed E-state index contributed by atoms with van der Waals surface area (Å²) >= 11 is 0. The van der Waals surface area contributed by atoms with E-state index in [1.54, 1.807) is 0 Å². The van der Waals surface area contributed by atoms with E-state index < -0.39 is 59.7 Å². The zero-order valence-corrected chi connectivity index (χ0v) is 12.2. The van der Waals surface area contributed by atoms with E-state index in [0.29, 0.717) is 0 Å². The summed E-state index contributed by atoms with van der Waals surface area (Å²) in [7, 11) is 0. The lowest BCUT2D eigenvalue weighted by molar-refractivity contribution is -0.497. The zero-order chi connectivity index (χ0) is 24.0. The van der Waals surface area contributed by atoms with E-state index in [9.17, 15) is 79.0 Å². The molecule has 1 nitrogen and oxygen atoms in total. The van der Waals surface area contributed by atoms with Gasteiger partial charge in [0.1, 0.15) is 0 Å². The maximum atomic E-state index is 12.9. The minimum Gasteiger partial charge on any atom is -0.245 e. The first-order chi connectivity index (χ1) is 12.4. The van der Waals surface area contributed by atoms with Gasteiger partial charge in [-0.05, 0) is 0 Å². The minimum atomic E-state index is -7.89. The largest absolute Gasteiger partial charge is 0.430 e. The first-order valence-corrected chi connectivity index (χ1v) is 5.81. The Bertz CT molecular complexity index is 621. The third-order valence-electron chi connectivity index (χ3n) is 2.66. The van der Waals surface area contributed by atoms with Crippen LogP contribution in [0.2, 0.25) is 0 Å².